The molecule has 1 atom stereocenters. The van der Waals surface area contributed by atoms with Crippen molar-refractivity contribution in [1.29, 1.82) is 0 Å². The first kappa shape index (κ1) is 18.4. The van der Waals surface area contributed by atoms with Crippen LogP contribution in [0.2, 0.25) is 0 Å². The van der Waals surface area contributed by atoms with Gasteiger partial charge in [0.15, 0.2) is 0 Å². The first-order chi connectivity index (χ1) is 8.81. The highest BCUT2D eigenvalue weighted by atomic mass is 79.9. The van der Waals surface area contributed by atoms with Crippen molar-refractivity contribution in [2.45, 2.75) is 95.2 Å². The number of rotatable bonds is 14. The Morgan fingerprint density at radius 3 is 1.50 bits per heavy atom. The third kappa shape index (κ3) is 14.5. The Kier molecular flexibility index (Phi) is 15.9. The molecule has 18 heavy (non-hydrogen) atoms. The van der Waals surface area contributed by atoms with Gasteiger partial charge in [-0.15, -0.1) is 0 Å². The zero-order valence-electron chi connectivity index (χ0n) is 12.3. The van der Waals surface area contributed by atoms with Gasteiger partial charge in [-0.2, -0.15) is 0 Å². The quantitative estimate of drug-likeness (QED) is 0.315. The lowest BCUT2D eigenvalue weighted by atomic mass is 10.0. The second-order valence-corrected chi connectivity index (χ2v) is 6.75. The van der Waals surface area contributed by atoms with E-state index < -0.39 is 0 Å². The van der Waals surface area contributed by atoms with Crippen molar-refractivity contribution in [3.8, 4) is 0 Å². The van der Waals surface area contributed by atoms with E-state index in [1.165, 1.54) is 77.0 Å². The summed E-state index contributed by atoms with van der Waals surface area (Å²) >= 11 is 3.46. The minimum atomic E-state index is 0.276. The molecular formula is C16H33BrO. The molecule has 1 N–H and O–H groups in total. The summed E-state index contributed by atoms with van der Waals surface area (Å²) in [4.78, 5) is 0.320. The maximum absolute atomic E-state index is 8.87. The molecule has 0 aliphatic rings. The zero-order valence-corrected chi connectivity index (χ0v) is 13.9. The summed E-state index contributed by atoms with van der Waals surface area (Å²) in [5.41, 5.74) is 0. The fraction of sp³-hybridized carbons (Fsp3) is 1.00. The molecule has 0 fully saturated rings. The molecule has 110 valence electrons. The van der Waals surface area contributed by atoms with Crippen LogP contribution in [0.1, 0.15) is 90.4 Å². The Hall–Kier alpha value is 0.440. The van der Waals surface area contributed by atoms with Crippen molar-refractivity contribution in [3.63, 3.8) is 0 Å². The maximum Gasteiger partial charge on any atom is 0.0556 e. The molecule has 0 radical (unpaired) electrons. The highest BCUT2D eigenvalue weighted by Gasteiger charge is 2.00. The summed E-state index contributed by atoms with van der Waals surface area (Å²) in [5.74, 6) is 0. The van der Waals surface area contributed by atoms with Crippen LogP contribution >= 0.6 is 15.9 Å². The molecule has 0 aliphatic heterocycles. The van der Waals surface area contributed by atoms with Gasteiger partial charge in [0, 0.05) is 4.83 Å². The third-order valence-corrected chi connectivity index (χ3v) is 4.32. The van der Waals surface area contributed by atoms with E-state index in [1.54, 1.807) is 0 Å². The van der Waals surface area contributed by atoms with E-state index >= 15 is 0 Å². The monoisotopic (exact) mass is 320 g/mol. The van der Waals surface area contributed by atoms with Crippen LogP contribution in [0, 0.1) is 0 Å². The molecular weight excluding hydrogens is 288 g/mol. The molecule has 0 saturated carbocycles. The first-order valence-electron chi connectivity index (χ1n) is 8.06. The van der Waals surface area contributed by atoms with Gasteiger partial charge >= 0.3 is 0 Å². The maximum atomic E-state index is 8.87. The Morgan fingerprint density at radius 2 is 1.11 bits per heavy atom. The normalized spacial score (nSPS) is 12.8. The molecule has 0 rings (SSSR count). The molecule has 0 unspecified atom stereocenters. The van der Waals surface area contributed by atoms with E-state index in [-0.39, 0.29) is 6.61 Å². The van der Waals surface area contributed by atoms with Gasteiger partial charge in [0.25, 0.3) is 0 Å². The number of hydrogen-bond donors (Lipinski definition) is 1. The Bertz CT molecular complexity index is 150. The summed E-state index contributed by atoms with van der Waals surface area (Å²) in [7, 11) is 0. The van der Waals surface area contributed by atoms with Gasteiger partial charge in [-0.25, -0.2) is 0 Å². The lowest BCUT2D eigenvalue weighted by Crippen LogP contribution is -2.02. The van der Waals surface area contributed by atoms with Crippen molar-refractivity contribution in [2.75, 3.05) is 6.61 Å². The van der Waals surface area contributed by atoms with Crippen LogP contribution in [0.5, 0.6) is 0 Å². The summed E-state index contributed by atoms with van der Waals surface area (Å²) in [6.07, 6.45) is 17.9. The minimum absolute atomic E-state index is 0.276. The minimum Gasteiger partial charge on any atom is -0.395 e. The predicted octanol–water partition coefficient (Wildman–Crippen LogP) is 5.83. The van der Waals surface area contributed by atoms with E-state index in [0.717, 1.165) is 6.42 Å². The molecule has 0 amide bonds. The summed E-state index contributed by atoms with van der Waals surface area (Å²) in [5, 5.41) is 8.87. The second kappa shape index (κ2) is 15.5. The van der Waals surface area contributed by atoms with Crippen LogP contribution < -0.4 is 0 Å². The molecule has 1 nitrogen and oxygen atoms in total. The van der Waals surface area contributed by atoms with Crippen LogP contribution in [0.25, 0.3) is 0 Å². The van der Waals surface area contributed by atoms with Crippen molar-refractivity contribution < 1.29 is 5.11 Å². The summed E-state index contributed by atoms with van der Waals surface area (Å²) < 4.78 is 0. The van der Waals surface area contributed by atoms with Crippen LogP contribution in [-0.4, -0.2) is 16.5 Å². The molecule has 0 bridgehead atoms. The molecule has 0 heterocycles. The number of alkyl halides is 1. The van der Waals surface area contributed by atoms with Gasteiger partial charge in [-0.3, -0.25) is 0 Å². The van der Waals surface area contributed by atoms with Gasteiger partial charge in [-0.1, -0.05) is 99.9 Å². The third-order valence-electron chi connectivity index (χ3n) is 3.57. The molecule has 0 aliphatic carbocycles. The van der Waals surface area contributed by atoms with Gasteiger partial charge < -0.3 is 5.11 Å². The molecule has 0 spiro atoms. The first-order valence-corrected chi connectivity index (χ1v) is 8.97. The number of hydrogen-bond acceptors (Lipinski definition) is 1. The molecule has 0 aromatic heterocycles. The van der Waals surface area contributed by atoms with Gasteiger partial charge in [0.1, 0.15) is 0 Å². The van der Waals surface area contributed by atoms with E-state index in [4.69, 9.17) is 5.11 Å². The van der Waals surface area contributed by atoms with Crippen molar-refractivity contribution in [1.82, 2.24) is 0 Å². The zero-order chi connectivity index (χ0) is 13.5. The second-order valence-electron chi connectivity index (χ2n) is 5.46. The Labute approximate surface area is 123 Å². The molecule has 0 saturated heterocycles. The smallest absolute Gasteiger partial charge is 0.0556 e. The van der Waals surface area contributed by atoms with Crippen LogP contribution in [0.15, 0.2) is 0 Å². The van der Waals surface area contributed by atoms with Gasteiger partial charge in [0.05, 0.1) is 6.61 Å². The number of halogens is 1. The number of unbranched alkanes of at least 4 members (excludes halogenated alkanes) is 11. The van der Waals surface area contributed by atoms with E-state index in [2.05, 4.69) is 22.9 Å². The van der Waals surface area contributed by atoms with Gasteiger partial charge in [0.2, 0.25) is 0 Å². The average molecular weight is 321 g/mol. The SMILES string of the molecule is CCCCCCCCCCCCCC[C@H](Br)CO. The summed E-state index contributed by atoms with van der Waals surface area (Å²) in [6.45, 7) is 2.55. The standard InChI is InChI=1S/C16H33BrO/c1-2-3-4-5-6-7-8-9-10-11-12-13-14-16(17)15-18/h16,18H,2-15H2,1H3/t16-/m0/s1. The van der Waals surface area contributed by atoms with Crippen LogP contribution in [-0.2, 0) is 0 Å². The Balaban J connectivity index is 2.94. The van der Waals surface area contributed by atoms with E-state index in [1.807, 2.05) is 0 Å². The highest BCUT2D eigenvalue weighted by molar-refractivity contribution is 9.09. The van der Waals surface area contributed by atoms with Crippen LogP contribution in [0.3, 0.4) is 0 Å². The fourth-order valence-corrected chi connectivity index (χ4v) is 2.62. The predicted molar refractivity (Wildman–Crippen MR) is 85.5 cm³/mol. The molecule has 2 heteroatoms. The van der Waals surface area contributed by atoms with Crippen LogP contribution in [0.4, 0.5) is 0 Å². The lowest BCUT2D eigenvalue weighted by molar-refractivity contribution is 0.290. The largest absolute Gasteiger partial charge is 0.395 e. The van der Waals surface area contributed by atoms with Crippen molar-refractivity contribution in [3.05, 3.63) is 0 Å². The van der Waals surface area contributed by atoms with Crippen molar-refractivity contribution >= 4 is 15.9 Å². The molecule has 0 aromatic carbocycles. The topological polar surface area (TPSA) is 20.2 Å². The Morgan fingerprint density at radius 1 is 0.722 bits per heavy atom. The number of aliphatic hydroxyl groups excluding tert-OH is 1. The summed E-state index contributed by atoms with van der Waals surface area (Å²) in [6, 6.07) is 0. The highest BCUT2D eigenvalue weighted by Crippen LogP contribution is 2.14. The van der Waals surface area contributed by atoms with E-state index in [0.29, 0.717) is 4.83 Å². The van der Waals surface area contributed by atoms with Crippen molar-refractivity contribution in [2.24, 2.45) is 0 Å². The van der Waals surface area contributed by atoms with E-state index in [9.17, 15) is 0 Å². The number of aliphatic hydroxyl groups is 1. The lowest BCUT2D eigenvalue weighted by Gasteiger charge is -2.05. The fourth-order valence-electron chi connectivity index (χ4n) is 2.30. The molecule has 0 aromatic rings. The average Bonchev–Trinajstić information content (AvgIpc) is 2.39. The van der Waals surface area contributed by atoms with Gasteiger partial charge in [-0.05, 0) is 6.42 Å².